The topological polar surface area (TPSA) is 67.8 Å². The Kier molecular flexibility index (Phi) is 4.55. The van der Waals surface area contributed by atoms with E-state index in [0.717, 1.165) is 0 Å². The van der Waals surface area contributed by atoms with Crippen LogP contribution in [0.2, 0.25) is 0 Å². The molecule has 0 saturated heterocycles. The Bertz CT molecular complexity index is 433. The minimum atomic E-state index is -1.19. The maximum Gasteiger partial charge on any atom is 0.328 e. The zero-order valence-corrected chi connectivity index (χ0v) is 11.1. The summed E-state index contributed by atoms with van der Waals surface area (Å²) in [4.78, 5) is 11.5. The summed E-state index contributed by atoms with van der Waals surface area (Å²) < 4.78 is 10.3. The number of hydrogen-bond acceptors (Lipinski definition) is 4. The Morgan fingerprint density at radius 3 is 2.50 bits per heavy atom. The van der Waals surface area contributed by atoms with Crippen LogP contribution in [0.3, 0.4) is 0 Å². The second-order valence-electron chi connectivity index (χ2n) is 4.03. The molecule has 1 aromatic rings. The molecular weight excluding hydrogens is 234 g/mol. The third-order valence-electron chi connectivity index (χ3n) is 2.91. The second kappa shape index (κ2) is 5.73. The molecule has 1 unspecified atom stereocenters. The van der Waals surface area contributed by atoms with Crippen LogP contribution in [-0.2, 0) is 10.3 Å². The molecule has 0 fully saturated rings. The van der Waals surface area contributed by atoms with E-state index in [2.05, 4.69) is 5.32 Å². The van der Waals surface area contributed by atoms with Gasteiger partial charge < -0.3 is 14.6 Å². The van der Waals surface area contributed by atoms with Crippen molar-refractivity contribution in [3.05, 3.63) is 23.8 Å². The SMILES string of the molecule is CCNC(C)(C(=O)O)c1ccc(OC)cc1OC. The number of ether oxygens (including phenoxy) is 2. The third-order valence-corrected chi connectivity index (χ3v) is 2.91. The van der Waals surface area contributed by atoms with Crippen LogP contribution in [0.25, 0.3) is 0 Å². The molecule has 2 N–H and O–H groups in total. The first-order valence-corrected chi connectivity index (χ1v) is 5.70. The molecule has 0 radical (unpaired) electrons. The quantitative estimate of drug-likeness (QED) is 0.806. The molecule has 100 valence electrons. The lowest BCUT2D eigenvalue weighted by molar-refractivity contribution is -0.144. The van der Waals surface area contributed by atoms with Crippen molar-refractivity contribution in [2.45, 2.75) is 19.4 Å². The van der Waals surface area contributed by atoms with Gasteiger partial charge in [-0.05, 0) is 25.6 Å². The van der Waals surface area contributed by atoms with E-state index >= 15 is 0 Å². The summed E-state index contributed by atoms with van der Waals surface area (Å²) in [6, 6.07) is 5.10. The fraction of sp³-hybridized carbons (Fsp3) is 0.462. The molecule has 1 atom stereocenters. The summed E-state index contributed by atoms with van der Waals surface area (Å²) in [5.74, 6) is 0.160. The van der Waals surface area contributed by atoms with Crippen LogP contribution in [0.5, 0.6) is 11.5 Å². The molecule has 0 aliphatic carbocycles. The van der Waals surface area contributed by atoms with E-state index in [-0.39, 0.29) is 0 Å². The summed E-state index contributed by atoms with van der Waals surface area (Å²) in [6.45, 7) is 4.01. The molecule has 5 nitrogen and oxygen atoms in total. The van der Waals surface area contributed by atoms with E-state index in [1.54, 1.807) is 32.2 Å². The Morgan fingerprint density at radius 2 is 2.06 bits per heavy atom. The highest BCUT2D eigenvalue weighted by atomic mass is 16.5. The minimum absolute atomic E-state index is 0.486. The Hall–Kier alpha value is -1.75. The highest BCUT2D eigenvalue weighted by Gasteiger charge is 2.36. The van der Waals surface area contributed by atoms with Crippen LogP contribution in [0.4, 0.5) is 0 Å². The largest absolute Gasteiger partial charge is 0.497 e. The van der Waals surface area contributed by atoms with E-state index in [4.69, 9.17) is 9.47 Å². The standard InChI is InChI=1S/C13H19NO4/c1-5-14-13(2,12(15)16)10-7-6-9(17-3)8-11(10)18-4/h6-8,14H,5H2,1-4H3,(H,15,16). The van der Waals surface area contributed by atoms with Crippen molar-refractivity contribution in [2.24, 2.45) is 0 Å². The van der Waals surface area contributed by atoms with Gasteiger partial charge in [0.15, 0.2) is 0 Å². The number of rotatable bonds is 6. The number of carboxylic acids is 1. The zero-order chi connectivity index (χ0) is 13.8. The number of methoxy groups -OCH3 is 2. The van der Waals surface area contributed by atoms with Crippen LogP contribution >= 0.6 is 0 Å². The molecule has 18 heavy (non-hydrogen) atoms. The van der Waals surface area contributed by atoms with Crippen molar-refractivity contribution < 1.29 is 19.4 Å². The van der Waals surface area contributed by atoms with Gasteiger partial charge in [0, 0.05) is 11.6 Å². The predicted octanol–water partition coefficient (Wildman–Crippen LogP) is 1.61. The van der Waals surface area contributed by atoms with Gasteiger partial charge in [-0.25, -0.2) is 4.79 Å². The van der Waals surface area contributed by atoms with E-state index < -0.39 is 11.5 Å². The van der Waals surface area contributed by atoms with E-state index in [0.29, 0.717) is 23.6 Å². The third kappa shape index (κ3) is 2.56. The first kappa shape index (κ1) is 14.3. The molecule has 0 saturated carbocycles. The zero-order valence-electron chi connectivity index (χ0n) is 11.1. The normalized spacial score (nSPS) is 13.8. The van der Waals surface area contributed by atoms with Gasteiger partial charge in [0.05, 0.1) is 14.2 Å². The monoisotopic (exact) mass is 253 g/mol. The number of likely N-dealkylation sites (N-methyl/N-ethyl adjacent to an activating group) is 1. The number of carbonyl (C=O) groups is 1. The highest BCUT2D eigenvalue weighted by molar-refractivity contribution is 5.81. The van der Waals surface area contributed by atoms with Gasteiger partial charge in [-0.3, -0.25) is 5.32 Å². The Morgan fingerprint density at radius 1 is 1.39 bits per heavy atom. The summed E-state index contributed by atoms with van der Waals surface area (Å²) in [5.41, 5.74) is -0.619. The van der Waals surface area contributed by atoms with Gasteiger partial charge in [-0.15, -0.1) is 0 Å². The maximum atomic E-state index is 11.5. The van der Waals surface area contributed by atoms with Crippen molar-refractivity contribution >= 4 is 5.97 Å². The Balaban J connectivity index is 3.32. The van der Waals surface area contributed by atoms with Gasteiger partial charge in [0.2, 0.25) is 0 Å². The van der Waals surface area contributed by atoms with Crippen LogP contribution in [0.1, 0.15) is 19.4 Å². The number of benzene rings is 1. The van der Waals surface area contributed by atoms with Crippen LogP contribution in [0, 0.1) is 0 Å². The molecule has 1 rings (SSSR count). The molecule has 1 aromatic carbocycles. The van der Waals surface area contributed by atoms with Gasteiger partial charge in [-0.1, -0.05) is 6.92 Å². The molecule has 5 heteroatoms. The summed E-state index contributed by atoms with van der Waals surface area (Å²) >= 11 is 0. The van der Waals surface area contributed by atoms with Crippen LogP contribution in [-0.4, -0.2) is 31.8 Å². The number of carboxylic acid groups (broad SMARTS) is 1. The van der Waals surface area contributed by atoms with Crippen molar-refractivity contribution in [3.8, 4) is 11.5 Å². The lowest BCUT2D eigenvalue weighted by Gasteiger charge is -2.28. The molecule has 0 aliphatic heterocycles. The van der Waals surface area contributed by atoms with Gasteiger partial charge in [0.1, 0.15) is 17.0 Å². The van der Waals surface area contributed by atoms with E-state index in [9.17, 15) is 9.90 Å². The summed E-state index contributed by atoms with van der Waals surface area (Å²) in [6.07, 6.45) is 0. The minimum Gasteiger partial charge on any atom is -0.497 e. The molecule has 0 bridgehead atoms. The summed E-state index contributed by atoms with van der Waals surface area (Å²) in [5, 5.41) is 12.4. The first-order valence-electron chi connectivity index (χ1n) is 5.70. The van der Waals surface area contributed by atoms with Crippen LogP contribution < -0.4 is 14.8 Å². The number of hydrogen-bond donors (Lipinski definition) is 2. The van der Waals surface area contributed by atoms with Crippen molar-refractivity contribution in [3.63, 3.8) is 0 Å². The van der Waals surface area contributed by atoms with Gasteiger partial charge >= 0.3 is 5.97 Å². The van der Waals surface area contributed by atoms with Crippen LogP contribution in [0.15, 0.2) is 18.2 Å². The van der Waals surface area contributed by atoms with Gasteiger partial charge in [-0.2, -0.15) is 0 Å². The number of nitrogens with one attached hydrogen (secondary N) is 1. The number of aliphatic carboxylic acids is 1. The molecule has 0 spiro atoms. The van der Waals surface area contributed by atoms with E-state index in [1.165, 1.54) is 7.11 Å². The highest BCUT2D eigenvalue weighted by Crippen LogP contribution is 2.33. The fourth-order valence-electron chi connectivity index (χ4n) is 1.85. The fourth-order valence-corrected chi connectivity index (χ4v) is 1.85. The molecule has 0 aliphatic rings. The average molecular weight is 253 g/mol. The summed E-state index contributed by atoms with van der Waals surface area (Å²) in [7, 11) is 3.06. The molecule has 0 amide bonds. The average Bonchev–Trinajstić information content (AvgIpc) is 2.37. The maximum absolute atomic E-state index is 11.5. The smallest absolute Gasteiger partial charge is 0.328 e. The Labute approximate surface area is 107 Å². The second-order valence-corrected chi connectivity index (χ2v) is 4.03. The van der Waals surface area contributed by atoms with Gasteiger partial charge in [0.25, 0.3) is 0 Å². The van der Waals surface area contributed by atoms with Crippen molar-refractivity contribution in [2.75, 3.05) is 20.8 Å². The van der Waals surface area contributed by atoms with Crippen molar-refractivity contribution in [1.29, 1.82) is 0 Å². The lowest BCUT2D eigenvalue weighted by Crippen LogP contribution is -2.46. The predicted molar refractivity (Wildman–Crippen MR) is 68.2 cm³/mol. The van der Waals surface area contributed by atoms with E-state index in [1.807, 2.05) is 6.92 Å². The molecular formula is C13H19NO4. The molecule has 0 aromatic heterocycles. The molecule has 0 heterocycles. The van der Waals surface area contributed by atoms with Crippen molar-refractivity contribution in [1.82, 2.24) is 5.32 Å². The lowest BCUT2D eigenvalue weighted by atomic mass is 9.91. The first-order chi connectivity index (χ1) is 8.49.